The maximum absolute atomic E-state index is 13.0. The molecule has 2 rings (SSSR count). The second-order valence-electron chi connectivity index (χ2n) is 4.65. The van der Waals surface area contributed by atoms with E-state index in [1.807, 2.05) is 0 Å². The second kappa shape index (κ2) is 7.35. The molecule has 0 radical (unpaired) electrons. The lowest BCUT2D eigenvalue weighted by atomic mass is 10.2. The lowest BCUT2D eigenvalue weighted by Gasteiger charge is -2.12. The minimum atomic E-state index is -0.921. The molecule has 2 aromatic carbocycles. The fraction of sp³-hybridized carbons (Fsp3) is 0.125. The second-order valence-corrected chi connectivity index (χ2v) is 4.65. The van der Waals surface area contributed by atoms with Gasteiger partial charge in [0.05, 0.1) is 6.21 Å². The zero-order chi connectivity index (χ0) is 16.8. The first-order valence-electron chi connectivity index (χ1n) is 6.69. The van der Waals surface area contributed by atoms with E-state index >= 15 is 0 Å². The van der Waals surface area contributed by atoms with Crippen molar-refractivity contribution in [3.05, 3.63) is 59.7 Å². The number of halogens is 2. The fourth-order valence-corrected chi connectivity index (χ4v) is 1.68. The summed E-state index contributed by atoms with van der Waals surface area (Å²) < 4.78 is 31.3. The molecule has 0 aliphatic carbocycles. The van der Waals surface area contributed by atoms with Gasteiger partial charge < -0.3 is 9.84 Å². The van der Waals surface area contributed by atoms with Crippen LogP contribution in [0.5, 0.6) is 11.5 Å². The summed E-state index contributed by atoms with van der Waals surface area (Å²) in [5, 5.41) is 13.1. The van der Waals surface area contributed by atoms with Gasteiger partial charge in [-0.05, 0) is 37.3 Å². The van der Waals surface area contributed by atoms with Crippen LogP contribution in [0.2, 0.25) is 0 Å². The Kier molecular flexibility index (Phi) is 5.24. The van der Waals surface area contributed by atoms with Gasteiger partial charge in [-0.3, -0.25) is 4.79 Å². The van der Waals surface area contributed by atoms with Gasteiger partial charge in [-0.1, -0.05) is 6.07 Å². The van der Waals surface area contributed by atoms with Gasteiger partial charge in [-0.2, -0.15) is 5.10 Å². The van der Waals surface area contributed by atoms with Crippen LogP contribution in [-0.4, -0.2) is 23.3 Å². The van der Waals surface area contributed by atoms with Gasteiger partial charge in [0.1, 0.15) is 23.1 Å². The van der Waals surface area contributed by atoms with Crippen LogP contribution in [0.15, 0.2) is 47.6 Å². The monoisotopic (exact) mass is 320 g/mol. The third-order valence-electron chi connectivity index (χ3n) is 2.85. The molecular weight excluding hydrogens is 306 g/mol. The van der Waals surface area contributed by atoms with Gasteiger partial charge in [-0.15, -0.1) is 0 Å². The summed E-state index contributed by atoms with van der Waals surface area (Å²) >= 11 is 0. The van der Waals surface area contributed by atoms with Crippen molar-refractivity contribution in [2.75, 3.05) is 0 Å². The Hall–Kier alpha value is -2.96. The molecule has 0 spiro atoms. The Labute approximate surface area is 131 Å². The summed E-state index contributed by atoms with van der Waals surface area (Å²) in [5.74, 6) is -1.57. The topological polar surface area (TPSA) is 70.9 Å². The van der Waals surface area contributed by atoms with E-state index in [1.165, 1.54) is 31.2 Å². The van der Waals surface area contributed by atoms with E-state index in [2.05, 4.69) is 10.5 Å². The molecule has 2 aromatic rings. The molecule has 0 saturated carbocycles. The van der Waals surface area contributed by atoms with Crippen LogP contribution < -0.4 is 10.2 Å². The first-order chi connectivity index (χ1) is 11.0. The highest BCUT2D eigenvalue weighted by atomic mass is 19.1. The number of aromatic hydroxyl groups is 1. The molecule has 5 nitrogen and oxygen atoms in total. The van der Waals surface area contributed by atoms with Crippen LogP contribution in [0.1, 0.15) is 12.5 Å². The average molecular weight is 320 g/mol. The molecule has 23 heavy (non-hydrogen) atoms. The van der Waals surface area contributed by atoms with Crippen LogP contribution in [0.3, 0.4) is 0 Å². The molecule has 120 valence electrons. The Morgan fingerprint density at radius 3 is 2.74 bits per heavy atom. The molecule has 7 heteroatoms. The Morgan fingerprint density at radius 1 is 1.26 bits per heavy atom. The highest BCUT2D eigenvalue weighted by Crippen LogP contribution is 2.15. The Morgan fingerprint density at radius 2 is 2.00 bits per heavy atom. The molecule has 1 unspecified atom stereocenters. The number of carbonyl (C=O) groups excluding carboxylic acids is 1. The molecular formula is C16H14F2N2O3. The van der Waals surface area contributed by atoms with E-state index in [-0.39, 0.29) is 17.1 Å². The van der Waals surface area contributed by atoms with E-state index in [4.69, 9.17) is 4.74 Å². The standard InChI is InChI=1S/C16H14F2N2O3/c1-10(23-14-4-2-3-12(17)8-14)16(22)20-19-9-11-7-13(18)5-6-15(11)21/h2-10,21H,1H3,(H,20,22). The molecule has 0 fully saturated rings. The summed E-state index contributed by atoms with van der Waals surface area (Å²) in [5.41, 5.74) is 2.31. The van der Waals surface area contributed by atoms with E-state index in [1.54, 1.807) is 0 Å². The van der Waals surface area contributed by atoms with Crippen molar-refractivity contribution in [2.24, 2.45) is 5.10 Å². The fourth-order valence-electron chi connectivity index (χ4n) is 1.68. The summed E-state index contributed by atoms with van der Waals surface area (Å²) in [7, 11) is 0. The number of hydrogen-bond acceptors (Lipinski definition) is 4. The van der Waals surface area contributed by atoms with Crippen molar-refractivity contribution < 1.29 is 23.4 Å². The minimum Gasteiger partial charge on any atom is -0.507 e. The van der Waals surface area contributed by atoms with Gasteiger partial charge in [0.15, 0.2) is 6.10 Å². The predicted molar refractivity (Wildman–Crippen MR) is 80.3 cm³/mol. The molecule has 0 aliphatic rings. The summed E-state index contributed by atoms with van der Waals surface area (Å²) in [6, 6.07) is 8.72. The van der Waals surface area contributed by atoms with Gasteiger partial charge in [-0.25, -0.2) is 14.2 Å². The predicted octanol–water partition coefficient (Wildman–Crippen LogP) is 2.59. The number of rotatable bonds is 5. The number of nitrogens with zero attached hydrogens (tertiary/aromatic N) is 1. The van der Waals surface area contributed by atoms with E-state index in [0.717, 1.165) is 24.4 Å². The zero-order valence-corrected chi connectivity index (χ0v) is 12.2. The number of phenols is 1. The van der Waals surface area contributed by atoms with Crippen LogP contribution in [0, 0.1) is 11.6 Å². The summed E-state index contributed by atoms with van der Waals surface area (Å²) in [4.78, 5) is 11.8. The smallest absolute Gasteiger partial charge is 0.280 e. The van der Waals surface area contributed by atoms with E-state index in [0.29, 0.717) is 0 Å². The number of amides is 1. The summed E-state index contributed by atoms with van der Waals surface area (Å²) in [6.07, 6.45) is 0.181. The largest absolute Gasteiger partial charge is 0.507 e. The number of nitrogens with one attached hydrogen (secondary N) is 1. The molecule has 0 aliphatic heterocycles. The van der Waals surface area contributed by atoms with Crippen molar-refractivity contribution in [1.82, 2.24) is 5.43 Å². The molecule has 1 amide bonds. The van der Waals surface area contributed by atoms with Crippen molar-refractivity contribution in [3.8, 4) is 11.5 Å². The highest BCUT2D eigenvalue weighted by molar-refractivity contribution is 5.86. The number of hydrazone groups is 1. The lowest BCUT2D eigenvalue weighted by Crippen LogP contribution is -2.33. The Bertz CT molecular complexity index is 735. The molecule has 1 atom stereocenters. The maximum Gasteiger partial charge on any atom is 0.280 e. The van der Waals surface area contributed by atoms with Gasteiger partial charge in [0.25, 0.3) is 5.91 Å². The lowest BCUT2D eigenvalue weighted by molar-refractivity contribution is -0.127. The SMILES string of the molecule is CC(Oc1cccc(F)c1)C(=O)NN=Cc1cc(F)ccc1O. The van der Waals surface area contributed by atoms with Gasteiger partial charge >= 0.3 is 0 Å². The number of ether oxygens (including phenoxy) is 1. The zero-order valence-electron chi connectivity index (χ0n) is 12.2. The van der Waals surface area contributed by atoms with Gasteiger partial charge in [0.2, 0.25) is 0 Å². The molecule has 0 bridgehead atoms. The Balaban J connectivity index is 1.93. The van der Waals surface area contributed by atoms with E-state index < -0.39 is 23.6 Å². The molecule has 0 saturated heterocycles. The van der Waals surface area contributed by atoms with Crippen molar-refractivity contribution in [3.63, 3.8) is 0 Å². The minimum absolute atomic E-state index is 0.115. The van der Waals surface area contributed by atoms with Crippen molar-refractivity contribution >= 4 is 12.1 Å². The van der Waals surface area contributed by atoms with Crippen molar-refractivity contribution in [1.29, 1.82) is 0 Å². The van der Waals surface area contributed by atoms with Crippen LogP contribution in [0.25, 0.3) is 0 Å². The number of carbonyl (C=O) groups is 1. The quantitative estimate of drug-likeness (QED) is 0.657. The van der Waals surface area contributed by atoms with E-state index in [9.17, 15) is 18.7 Å². The number of phenolic OH excluding ortho intramolecular Hbond substituents is 1. The normalized spacial score (nSPS) is 12.1. The first-order valence-corrected chi connectivity index (χ1v) is 6.69. The molecule has 0 aromatic heterocycles. The highest BCUT2D eigenvalue weighted by Gasteiger charge is 2.14. The first kappa shape index (κ1) is 16.4. The van der Waals surface area contributed by atoms with Crippen LogP contribution in [0.4, 0.5) is 8.78 Å². The number of hydrogen-bond donors (Lipinski definition) is 2. The third-order valence-corrected chi connectivity index (χ3v) is 2.85. The third kappa shape index (κ3) is 4.77. The average Bonchev–Trinajstić information content (AvgIpc) is 2.50. The molecule has 0 heterocycles. The maximum atomic E-state index is 13.0. The summed E-state index contributed by atoms with van der Waals surface area (Å²) in [6.45, 7) is 1.47. The molecule has 2 N–H and O–H groups in total. The van der Waals surface area contributed by atoms with Gasteiger partial charge in [0, 0.05) is 11.6 Å². The van der Waals surface area contributed by atoms with Crippen LogP contribution >= 0.6 is 0 Å². The number of benzene rings is 2. The van der Waals surface area contributed by atoms with Crippen molar-refractivity contribution in [2.45, 2.75) is 13.0 Å². The van der Waals surface area contributed by atoms with Crippen LogP contribution in [-0.2, 0) is 4.79 Å².